The van der Waals surface area contributed by atoms with Gasteiger partial charge < -0.3 is 29.7 Å². The molecule has 0 aliphatic carbocycles. The van der Waals surface area contributed by atoms with E-state index in [1.165, 1.54) is 0 Å². The lowest BCUT2D eigenvalue weighted by Gasteiger charge is -2.28. The summed E-state index contributed by atoms with van der Waals surface area (Å²) in [6, 6.07) is 11.2. The lowest BCUT2D eigenvalue weighted by atomic mass is 10.2. The highest BCUT2D eigenvalue weighted by Gasteiger charge is 2.21. The summed E-state index contributed by atoms with van der Waals surface area (Å²) < 4.78 is 16.9. The molecule has 2 aliphatic heterocycles. The maximum atomic E-state index is 12.1. The first-order chi connectivity index (χ1) is 13.8. The molecule has 2 aliphatic rings. The molecule has 2 N–H and O–H groups in total. The number of rotatable bonds is 5. The Morgan fingerprint density at radius 3 is 2.82 bits per heavy atom. The molecule has 8 nitrogen and oxygen atoms in total. The van der Waals surface area contributed by atoms with Crippen molar-refractivity contribution in [2.75, 3.05) is 44.4 Å². The lowest BCUT2D eigenvalue weighted by Crippen LogP contribution is -2.44. The SMILES string of the molecule is O=C(NCc1ccnc(N2CCOCC2)c1)NC[C@H]1COc2ccccc2O1. The van der Waals surface area contributed by atoms with Crippen molar-refractivity contribution in [3.63, 3.8) is 0 Å². The number of hydrogen-bond acceptors (Lipinski definition) is 6. The van der Waals surface area contributed by atoms with Crippen LogP contribution in [0.3, 0.4) is 0 Å². The van der Waals surface area contributed by atoms with Gasteiger partial charge in [-0.25, -0.2) is 9.78 Å². The van der Waals surface area contributed by atoms with Gasteiger partial charge in [0.05, 0.1) is 19.8 Å². The molecule has 0 radical (unpaired) electrons. The number of carbonyl (C=O) groups is 1. The third kappa shape index (κ3) is 4.64. The van der Waals surface area contributed by atoms with Gasteiger partial charge in [0.1, 0.15) is 12.4 Å². The van der Waals surface area contributed by atoms with Crippen molar-refractivity contribution in [1.29, 1.82) is 0 Å². The Bertz CT molecular complexity index is 810. The topological polar surface area (TPSA) is 85.0 Å². The van der Waals surface area contributed by atoms with E-state index >= 15 is 0 Å². The van der Waals surface area contributed by atoms with Gasteiger partial charge in [-0.2, -0.15) is 0 Å². The first-order valence-electron chi connectivity index (χ1n) is 9.46. The molecule has 0 bridgehead atoms. The van der Waals surface area contributed by atoms with Crippen LogP contribution in [0.25, 0.3) is 0 Å². The molecule has 1 aromatic heterocycles. The number of anilines is 1. The fourth-order valence-corrected chi connectivity index (χ4v) is 3.15. The number of morpholine rings is 1. The molecule has 148 valence electrons. The highest BCUT2D eigenvalue weighted by atomic mass is 16.6. The van der Waals surface area contributed by atoms with E-state index in [4.69, 9.17) is 14.2 Å². The van der Waals surface area contributed by atoms with Crippen LogP contribution in [0.5, 0.6) is 11.5 Å². The minimum atomic E-state index is -0.243. The number of ether oxygens (including phenoxy) is 3. The summed E-state index contributed by atoms with van der Waals surface area (Å²) >= 11 is 0. The number of benzene rings is 1. The smallest absolute Gasteiger partial charge is 0.315 e. The van der Waals surface area contributed by atoms with Crippen molar-refractivity contribution in [1.82, 2.24) is 15.6 Å². The number of amides is 2. The van der Waals surface area contributed by atoms with Crippen molar-refractivity contribution in [3.05, 3.63) is 48.2 Å². The minimum absolute atomic E-state index is 0.213. The molecule has 28 heavy (non-hydrogen) atoms. The van der Waals surface area contributed by atoms with E-state index in [1.54, 1.807) is 6.20 Å². The molecule has 1 saturated heterocycles. The van der Waals surface area contributed by atoms with E-state index in [-0.39, 0.29) is 12.1 Å². The molecule has 3 heterocycles. The highest BCUT2D eigenvalue weighted by Crippen LogP contribution is 2.30. The molecule has 2 aromatic rings. The van der Waals surface area contributed by atoms with Crippen LogP contribution >= 0.6 is 0 Å². The number of para-hydroxylation sites is 2. The summed E-state index contributed by atoms with van der Waals surface area (Å²) in [4.78, 5) is 18.7. The second-order valence-corrected chi connectivity index (χ2v) is 6.68. The lowest BCUT2D eigenvalue weighted by molar-refractivity contribution is 0.0918. The maximum absolute atomic E-state index is 12.1. The summed E-state index contributed by atoms with van der Waals surface area (Å²) in [5.74, 6) is 2.35. The summed E-state index contributed by atoms with van der Waals surface area (Å²) in [5, 5.41) is 5.70. The van der Waals surface area contributed by atoms with Crippen molar-refractivity contribution in [2.45, 2.75) is 12.6 Å². The molecule has 0 spiro atoms. The second kappa shape index (κ2) is 8.79. The normalized spacial score (nSPS) is 18.4. The Hall–Kier alpha value is -3.00. The van der Waals surface area contributed by atoms with Crippen LogP contribution in [0.4, 0.5) is 10.6 Å². The number of hydrogen-bond donors (Lipinski definition) is 2. The van der Waals surface area contributed by atoms with E-state index in [2.05, 4.69) is 20.5 Å². The van der Waals surface area contributed by atoms with Gasteiger partial charge in [0.25, 0.3) is 0 Å². The van der Waals surface area contributed by atoms with Gasteiger partial charge in [0.15, 0.2) is 17.6 Å². The average molecular weight is 384 g/mol. The Labute approximate surface area is 163 Å². The van der Waals surface area contributed by atoms with Gasteiger partial charge >= 0.3 is 6.03 Å². The summed E-state index contributed by atoms with van der Waals surface area (Å²) in [7, 11) is 0. The van der Waals surface area contributed by atoms with E-state index in [1.807, 2.05) is 36.4 Å². The molecular formula is C20H24N4O4. The van der Waals surface area contributed by atoms with Crippen LogP contribution in [0, 0.1) is 0 Å². The number of urea groups is 1. The zero-order valence-corrected chi connectivity index (χ0v) is 15.6. The van der Waals surface area contributed by atoms with Crippen LogP contribution < -0.4 is 25.0 Å². The standard InChI is InChI=1S/C20H24N4O4/c25-20(23-13-16-14-27-17-3-1-2-4-18(17)28-16)22-12-15-5-6-21-19(11-15)24-7-9-26-10-8-24/h1-6,11,16H,7-10,12-14H2,(H2,22,23,25)/t16-/m0/s1. The Balaban J connectivity index is 1.23. The van der Waals surface area contributed by atoms with Crippen molar-refractivity contribution < 1.29 is 19.0 Å². The van der Waals surface area contributed by atoms with Crippen molar-refractivity contribution >= 4 is 11.8 Å². The first-order valence-corrected chi connectivity index (χ1v) is 9.46. The fraction of sp³-hybridized carbons (Fsp3) is 0.400. The molecule has 1 atom stereocenters. The van der Waals surface area contributed by atoms with Gasteiger partial charge in [-0.1, -0.05) is 12.1 Å². The molecule has 0 saturated carbocycles. The number of fused-ring (bicyclic) bond motifs is 1. The van der Waals surface area contributed by atoms with Crippen LogP contribution in [0.2, 0.25) is 0 Å². The molecule has 4 rings (SSSR count). The third-order valence-electron chi connectivity index (χ3n) is 4.66. The maximum Gasteiger partial charge on any atom is 0.315 e. The van der Waals surface area contributed by atoms with Gasteiger partial charge in [0.2, 0.25) is 0 Å². The van der Waals surface area contributed by atoms with E-state index < -0.39 is 0 Å². The summed E-state index contributed by atoms with van der Waals surface area (Å²) in [5.41, 5.74) is 0.998. The second-order valence-electron chi connectivity index (χ2n) is 6.68. The minimum Gasteiger partial charge on any atom is -0.486 e. The molecule has 1 aromatic carbocycles. The number of nitrogens with zero attached hydrogens (tertiary/aromatic N) is 2. The first kappa shape index (κ1) is 18.4. The van der Waals surface area contributed by atoms with Gasteiger partial charge in [-0.3, -0.25) is 0 Å². The summed E-state index contributed by atoms with van der Waals surface area (Å²) in [6.45, 7) is 4.29. The predicted octanol–water partition coefficient (Wildman–Crippen LogP) is 1.56. The Kier molecular flexibility index (Phi) is 5.77. The zero-order valence-electron chi connectivity index (χ0n) is 15.6. The average Bonchev–Trinajstić information content (AvgIpc) is 2.77. The van der Waals surface area contributed by atoms with Gasteiger partial charge in [-0.15, -0.1) is 0 Å². The van der Waals surface area contributed by atoms with Crippen molar-refractivity contribution in [3.8, 4) is 11.5 Å². The fourth-order valence-electron chi connectivity index (χ4n) is 3.15. The van der Waals surface area contributed by atoms with Gasteiger partial charge in [0, 0.05) is 25.8 Å². The highest BCUT2D eigenvalue weighted by molar-refractivity contribution is 5.73. The predicted molar refractivity (Wildman–Crippen MR) is 104 cm³/mol. The zero-order chi connectivity index (χ0) is 19.2. The monoisotopic (exact) mass is 384 g/mol. The summed E-state index contributed by atoms with van der Waals surface area (Å²) in [6.07, 6.45) is 1.55. The number of aromatic nitrogens is 1. The van der Waals surface area contributed by atoms with Crippen LogP contribution in [0.1, 0.15) is 5.56 Å². The molecule has 1 fully saturated rings. The number of nitrogens with one attached hydrogen (secondary N) is 2. The van der Waals surface area contributed by atoms with Crippen molar-refractivity contribution in [2.24, 2.45) is 0 Å². The van der Waals surface area contributed by atoms with E-state index in [0.717, 1.165) is 30.2 Å². The number of carbonyl (C=O) groups excluding carboxylic acids is 1. The quantitative estimate of drug-likeness (QED) is 0.814. The molecule has 8 heteroatoms. The van der Waals surface area contributed by atoms with E-state index in [0.29, 0.717) is 38.7 Å². The Morgan fingerprint density at radius 1 is 1.14 bits per heavy atom. The van der Waals surface area contributed by atoms with Crippen LogP contribution in [0.15, 0.2) is 42.6 Å². The largest absolute Gasteiger partial charge is 0.486 e. The number of pyridine rings is 1. The third-order valence-corrected chi connectivity index (χ3v) is 4.66. The molecule has 0 unspecified atom stereocenters. The van der Waals surface area contributed by atoms with Crippen LogP contribution in [-0.2, 0) is 11.3 Å². The molecular weight excluding hydrogens is 360 g/mol. The van der Waals surface area contributed by atoms with Crippen LogP contribution in [-0.4, -0.2) is 56.6 Å². The van der Waals surface area contributed by atoms with Gasteiger partial charge in [-0.05, 0) is 29.8 Å². The molecule has 2 amide bonds. The van der Waals surface area contributed by atoms with E-state index in [9.17, 15) is 4.79 Å². The Morgan fingerprint density at radius 2 is 1.96 bits per heavy atom.